The van der Waals surface area contributed by atoms with Crippen LogP contribution in [-0.4, -0.2) is 29.4 Å². The lowest BCUT2D eigenvalue weighted by atomic mass is 10.1. The van der Waals surface area contributed by atoms with Gasteiger partial charge < -0.3 is 10.1 Å². The third kappa shape index (κ3) is 4.78. The minimum Gasteiger partial charge on any atom is -0.479 e. The van der Waals surface area contributed by atoms with Gasteiger partial charge in [0, 0.05) is 27.2 Å². The number of hydrogen-bond acceptors (Lipinski definition) is 5. The number of nitrogens with one attached hydrogen (secondary N) is 1. The van der Waals surface area contributed by atoms with Gasteiger partial charge in [-0.05, 0) is 55.8 Å². The van der Waals surface area contributed by atoms with Gasteiger partial charge in [0.25, 0.3) is 5.91 Å². The normalized spacial score (nSPS) is 14.9. The second kappa shape index (κ2) is 9.52. The summed E-state index contributed by atoms with van der Waals surface area (Å²) in [5, 5.41) is 6.37. The zero-order valence-electron chi connectivity index (χ0n) is 19.1. The smallest absolute Gasteiger partial charge is 0.268 e. The summed E-state index contributed by atoms with van der Waals surface area (Å²) in [5.74, 6) is -0.0371. The van der Waals surface area contributed by atoms with Crippen LogP contribution in [0.5, 0.6) is 5.75 Å². The fraction of sp³-hybridized carbons (Fsp3) is 0.148. The van der Waals surface area contributed by atoms with Crippen molar-refractivity contribution >= 4 is 46.1 Å². The molecule has 5 rings (SSSR count). The molecule has 0 radical (unpaired) electrons. The fourth-order valence-corrected chi connectivity index (χ4v) is 5.01. The van der Waals surface area contributed by atoms with Crippen molar-refractivity contribution in [3.8, 4) is 27.6 Å². The first-order chi connectivity index (χ1) is 16.9. The van der Waals surface area contributed by atoms with E-state index in [4.69, 9.17) is 21.3 Å². The number of benzene rings is 3. The Morgan fingerprint density at radius 2 is 1.91 bits per heavy atom. The largest absolute Gasteiger partial charge is 0.479 e. The second-order valence-corrected chi connectivity index (χ2v) is 9.57. The first kappa shape index (κ1) is 23.1. The average molecular weight is 504 g/mol. The minimum absolute atomic E-state index is 0.141. The van der Waals surface area contributed by atoms with Crippen LogP contribution >= 0.6 is 22.9 Å². The van der Waals surface area contributed by atoms with Gasteiger partial charge >= 0.3 is 0 Å². The molecule has 8 heteroatoms. The number of nitrogens with zero attached hydrogens (tertiary/aromatic N) is 2. The van der Waals surface area contributed by atoms with Crippen molar-refractivity contribution in [3.05, 3.63) is 82.7 Å². The number of halogens is 1. The molecule has 2 heterocycles. The van der Waals surface area contributed by atoms with Gasteiger partial charge in [0.2, 0.25) is 5.91 Å². The van der Waals surface area contributed by atoms with Crippen LogP contribution in [0.1, 0.15) is 12.5 Å². The Balaban J connectivity index is 1.43. The van der Waals surface area contributed by atoms with Crippen LogP contribution in [0.25, 0.3) is 21.8 Å². The van der Waals surface area contributed by atoms with E-state index in [2.05, 4.69) is 5.32 Å². The molecule has 0 aliphatic carbocycles. The molecule has 1 aliphatic heterocycles. The number of rotatable bonds is 5. The van der Waals surface area contributed by atoms with Gasteiger partial charge in [-0.25, -0.2) is 4.98 Å². The molecule has 0 spiro atoms. The molecule has 6 nitrogen and oxygen atoms in total. The highest BCUT2D eigenvalue weighted by molar-refractivity contribution is 7.13. The van der Waals surface area contributed by atoms with Gasteiger partial charge in [-0.2, -0.15) is 0 Å². The van der Waals surface area contributed by atoms with Crippen molar-refractivity contribution in [2.24, 2.45) is 0 Å². The Kier molecular flexibility index (Phi) is 6.28. The monoisotopic (exact) mass is 503 g/mol. The lowest BCUT2D eigenvalue weighted by Gasteiger charge is -2.33. The summed E-state index contributed by atoms with van der Waals surface area (Å²) in [4.78, 5) is 32.2. The number of fused-ring (bicyclic) bond motifs is 1. The number of ether oxygens (including phenoxy) is 1. The molecule has 1 atom stereocenters. The molecular weight excluding hydrogens is 482 g/mol. The highest BCUT2D eigenvalue weighted by Crippen LogP contribution is 2.38. The standard InChI is InChI=1S/C27H22ClN3O3S/c1-16-12-20(28)9-10-21(16)29-25(32)14-31-23-13-19(8-11-24(23)34-17(2)27(31)33)22-15-35-26(30-22)18-6-4-3-5-7-18/h3-13,15,17H,14H2,1-2H3,(H,29,32). The molecule has 176 valence electrons. The Bertz CT molecular complexity index is 1420. The number of thiazole rings is 1. The summed E-state index contributed by atoms with van der Waals surface area (Å²) in [7, 11) is 0. The van der Waals surface area contributed by atoms with E-state index in [0.717, 1.165) is 27.4 Å². The Morgan fingerprint density at radius 1 is 1.11 bits per heavy atom. The Morgan fingerprint density at radius 3 is 2.69 bits per heavy atom. The van der Waals surface area contributed by atoms with E-state index in [0.29, 0.717) is 22.1 Å². The minimum atomic E-state index is -0.692. The van der Waals surface area contributed by atoms with Crippen LogP contribution in [0.2, 0.25) is 5.02 Å². The third-order valence-electron chi connectivity index (χ3n) is 5.75. The van der Waals surface area contributed by atoms with Gasteiger partial charge in [0.1, 0.15) is 17.3 Å². The highest BCUT2D eigenvalue weighted by atomic mass is 35.5. The SMILES string of the molecule is Cc1cc(Cl)ccc1NC(=O)CN1C(=O)C(C)Oc2ccc(-c3csc(-c4ccccc4)n3)cc21. The van der Waals surface area contributed by atoms with E-state index in [-0.39, 0.29) is 18.4 Å². The second-order valence-electron chi connectivity index (χ2n) is 8.28. The quantitative estimate of drug-likeness (QED) is 0.352. The summed E-state index contributed by atoms with van der Waals surface area (Å²) in [5.41, 5.74) is 4.72. The van der Waals surface area contributed by atoms with Crippen LogP contribution in [0, 0.1) is 6.92 Å². The first-order valence-electron chi connectivity index (χ1n) is 11.1. The number of anilines is 2. The number of amides is 2. The maximum absolute atomic E-state index is 13.0. The summed E-state index contributed by atoms with van der Waals surface area (Å²) in [6, 6.07) is 20.8. The first-order valence-corrected chi connectivity index (χ1v) is 12.3. The topological polar surface area (TPSA) is 71.5 Å². The molecule has 35 heavy (non-hydrogen) atoms. The summed E-state index contributed by atoms with van der Waals surface area (Å²) >= 11 is 7.57. The Labute approximate surface area is 212 Å². The van der Waals surface area contributed by atoms with E-state index in [9.17, 15) is 9.59 Å². The van der Waals surface area contributed by atoms with E-state index in [1.165, 1.54) is 4.90 Å². The zero-order valence-corrected chi connectivity index (χ0v) is 20.7. The lowest BCUT2D eigenvalue weighted by Crippen LogP contribution is -2.47. The van der Waals surface area contributed by atoms with Crippen molar-refractivity contribution in [1.29, 1.82) is 0 Å². The average Bonchev–Trinajstić information content (AvgIpc) is 3.35. The molecule has 2 amide bonds. The molecular formula is C27H22ClN3O3S. The van der Waals surface area contributed by atoms with Crippen molar-refractivity contribution in [3.63, 3.8) is 0 Å². The van der Waals surface area contributed by atoms with Gasteiger partial charge in [0.05, 0.1) is 11.4 Å². The number of hydrogen-bond donors (Lipinski definition) is 1. The lowest BCUT2D eigenvalue weighted by molar-refractivity contribution is -0.127. The van der Waals surface area contributed by atoms with Crippen LogP contribution in [0.15, 0.2) is 72.1 Å². The van der Waals surface area contributed by atoms with E-state index < -0.39 is 6.10 Å². The summed E-state index contributed by atoms with van der Waals surface area (Å²) in [6.07, 6.45) is -0.692. The van der Waals surface area contributed by atoms with Gasteiger partial charge in [0.15, 0.2) is 6.10 Å². The van der Waals surface area contributed by atoms with E-state index in [1.54, 1.807) is 36.5 Å². The van der Waals surface area contributed by atoms with Crippen LogP contribution < -0.4 is 15.0 Å². The summed E-state index contributed by atoms with van der Waals surface area (Å²) in [6.45, 7) is 3.40. The zero-order chi connectivity index (χ0) is 24.5. The maximum atomic E-state index is 13.0. The molecule has 4 aromatic rings. The van der Waals surface area contributed by atoms with Crippen molar-refractivity contribution in [2.75, 3.05) is 16.8 Å². The third-order valence-corrected chi connectivity index (χ3v) is 6.88. The van der Waals surface area contributed by atoms with Gasteiger partial charge in [-0.3, -0.25) is 14.5 Å². The van der Waals surface area contributed by atoms with E-state index >= 15 is 0 Å². The maximum Gasteiger partial charge on any atom is 0.268 e. The summed E-state index contributed by atoms with van der Waals surface area (Å²) < 4.78 is 5.82. The number of carbonyl (C=O) groups excluding carboxylic acids is 2. The van der Waals surface area contributed by atoms with Crippen molar-refractivity contribution < 1.29 is 14.3 Å². The molecule has 0 bridgehead atoms. The predicted octanol–water partition coefficient (Wildman–Crippen LogP) is 6.19. The molecule has 1 aliphatic rings. The van der Waals surface area contributed by atoms with Crippen LogP contribution in [0.4, 0.5) is 11.4 Å². The Hall–Kier alpha value is -3.68. The highest BCUT2D eigenvalue weighted by Gasteiger charge is 2.33. The molecule has 0 saturated heterocycles. The predicted molar refractivity (Wildman–Crippen MR) is 140 cm³/mol. The molecule has 1 N–H and O–H groups in total. The number of aromatic nitrogens is 1. The van der Waals surface area contributed by atoms with Gasteiger partial charge in [-0.1, -0.05) is 41.9 Å². The van der Waals surface area contributed by atoms with Crippen molar-refractivity contribution in [1.82, 2.24) is 4.98 Å². The molecule has 0 saturated carbocycles. The molecule has 0 fully saturated rings. The van der Waals surface area contributed by atoms with Crippen LogP contribution in [0.3, 0.4) is 0 Å². The van der Waals surface area contributed by atoms with E-state index in [1.807, 2.05) is 60.8 Å². The molecule has 3 aromatic carbocycles. The van der Waals surface area contributed by atoms with Gasteiger partial charge in [-0.15, -0.1) is 11.3 Å². The number of carbonyl (C=O) groups is 2. The molecule has 1 unspecified atom stereocenters. The van der Waals surface area contributed by atoms with Crippen molar-refractivity contribution in [2.45, 2.75) is 20.0 Å². The molecule has 1 aromatic heterocycles. The van der Waals surface area contributed by atoms with Crippen LogP contribution in [-0.2, 0) is 9.59 Å². The fourth-order valence-electron chi connectivity index (χ4n) is 3.95. The number of aryl methyl sites for hydroxylation is 1.